The number of carbonyl (C=O) groups is 8. The van der Waals surface area contributed by atoms with E-state index in [4.69, 9.17) is 11.5 Å². The van der Waals surface area contributed by atoms with Crippen molar-refractivity contribution in [3.63, 3.8) is 0 Å². The Kier molecular flexibility index (Phi) is 20.6. The van der Waals surface area contributed by atoms with Gasteiger partial charge in [-0.2, -0.15) is 0 Å². The van der Waals surface area contributed by atoms with Crippen molar-refractivity contribution in [1.82, 2.24) is 26.6 Å². The molecule has 2 aromatic rings. The SMILES string of the molecule is CC(=O)N[C@@H](CCCCNC(=O)[C@@H](Cc1ccc(C(=O)c2ccccc2)cc1)NC(=O)[C@H](CC1CCCCC1)NC(=O)[C@H](CCC(N)=O)NC(=O)C1CCCCCCC1)C(N)=O. The molecule has 62 heavy (non-hydrogen) atoms. The number of primary amides is 2. The van der Waals surface area contributed by atoms with Crippen molar-refractivity contribution in [1.29, 1.82) is 0 Å². The number of rotatable bonds is 23. The highest BCUT2D eigenvalue weighted by Gasteiger charge is 2.33. The van der Waals surface area contributed by atoms with Crippen LogP contribution in [0.5, 0.6) is 0 Å². The van der Waals surface area contributed by atoms with Gasteiger partial charge in [0.15, 0.2) is 5.78 Å². The summed E-state index contributed by atoms with van der Waals surface area (Å²) in [7, 11) is 0. The first-order valence-corrected chi connectivity index (χ1v) is 22.5. The summed E-state index contributed by atoms with van der Waals surface area (Å²) in [5.74, 6) is -3.84. The summed E-state index contributed by atoms with van der Waals surface area (Å²) in [6.45, 7) is 1.50. The monoisotopic (exact) mass is 858 g/mol. The molecule has 2 fully saturated rings. The van der Waals surface area contributed by atoms with E-state index in [0.29, 0.717) is 48.8 Å². The lowest BCUT2D eigenvalue weighted by Gasteiger charge is -2.30. The molecule has 7 amide bonds. The lowest BCUT2D eigenvalue weighted by atomic mass is 9.84. The van der Waals surface area contributed by atoms with Crippen molar-refractivity contribution < 1.29 is 38.4 Å². The van der Waals surface area contributed by atoms with Gasteiger partial charge in [-0.1, -0.05) is 119 Å². The number of hydrogen-bond donors (Lipinski definition) is 7. The largest absolute Gasteiger partial charge is 0.370 e. The molecule has 2 aliphatic carbocycles. The van der Waals surface area contributed by atoms with Crippen LogP contribution in [0.15, 0.2) is 54.6 Å². The van der Waals surface area contributed by atoms with Crippen LogP contribution in [-0.4, -0.2) is 77.8 Å². The van der Waals surface area contributed by atoms with Crippen molar-refractivity contribution in [2.75, 3.05) is 6.54 Å². The molecule has 15 heteroatoms. The Hall–Kier alpha value is -5.60. The van der Waals surface area contributed by atoms with Gasteiger partial charge in [0.2, 0.25) is 41.4 Å². The molecule has 0 spiro atoms. The fourth-order valence-electron chi connectivity index (χ4n) is 8.43. The second-order valence-corrected chi connectivity index (χ2v) is 17.0. The maximum Gasteiger partial charge on any atom is 0.243 e. The molecule has 0 aliphatic heterocycles. The maximum atomic E-state index is 14.4. The molecule has 9 N–H and O–H groups in total. The minimum absolute atomic E-state index is 0.0315. The van der Waals surface area contributed by atoms with E-state index in [-0.39, 0.29) is 61.7 Å². The number of amides is 7. The van der Waals surface area contributed by atoms with Gasteiger partial charge in [0.1, 0.15) is 24.2 Å². The second-order valence-electron chi connectivity index (χ2n) is 17.0. The van der Waals surface area contributed by atoms with Crippen LogP contribution in [0.25, 0.3) is 0 Å². The van der Waals surface area contributed by atoms with Crippen molar-refractivity contribution in [3.8, 4) is 0 Å². The molecule has 4 rings (SSSR count). The van der Waals surface area contributed by atoms with Crippen LogP contribution in [0, 0.1) is 11.8 Å². The molecule has 2 saturated carbocycles. The van der Waals surface area contributed by atoms with Crippen LogP contribution in [0.4, 0.5) is 0 Å². The molecule has 338 valence electrons. The standard InChI is InChI=1S/C47H67N7O8/c1-31(55)51-37(43(49)58)21-13-14-28-50-45(60)39(30-33-22-24-35(25-23-33)42(57)34-17-11-6-12-18-34)53-47(62)40(29-32-15-7-5-8-16-32)54-46(61)38(26-27-41(48)56)52-44(59)36-19-9-3-2-4-10-20-36/h6,11-12,17-18,22-25,32,36-40H,2-5,7-10,13-16,19-21,26-30H2,1H3,(H2,48,56)(H2,49,58)(H,50,60)(H,51,55)(H,52,59)(H,53,62)(H,54,61)/t37-,38-,39+,40-/m0/s1. The third kappa shape index (κ3) is 17.0. The third-order valence-electron chi connectivity index (χ3n) is 12.0. The van der Waals surface area contributed by atoms with Gasteiger partial charge in [-0.25, -0.2) is 0 Å². The quantitative estimate of drug-likeness (QED) is 0.0639. The predicted octanol–water partition coefficient (Wildman–Crippen LogP) is 3.79. The second kappa shape index (κ2) is 26.0. The minimum atomic E-state index is -1.10. The number of benzene rings is 2. The van der Waals surface area contributed by atoms with Gasteiger partial charge in [0.05, 0.1) is 0 Å². The highest BCUT2D eigenvalue weighted by molar-refractivity contribution is 6.09. The van der Waals surface area contributed by atoms with E-state index in [1.165, 1.54) is 6.92 Å². The van der Waals surface area contributed by atoms with E-state index in [2.05, 4.69) is 26.6 Å². The molecule has 0 unspecified atom stereocenters. The summed E-state index contributed by atoms with van der Waals surface area (Å²) in [6, 6.07) is 11.6. The maximum absolute atomic E-state index is 14.4. The number of ketones is 1. The zero-order chi connectivity index (χ0) is 44.9. The Morgan fingerprint density at radius 3 is 1.81 bits per heavy atom. The smallest absolute Gasteiger partial charge is 0.243 e. The Labute approximate surface area is 365 Å². The van der Waals surface area contributed by atoms with Crippen molar-refractivity contribution in [3.05, 3.63) is 71.3 Å². The van der Waals surface area contributed by atoms with Crippen LogP contribution < -0.4 is 38.1 Å². The zero-order valence-electron chi connectivity index (χ0n) is 36.2. The number of nitrogens with one attached hydrogen (secondary N) is 5. The molecule has 2 aliphatic rings. The van der Waals surface area contributed by atoms with E-state index in [9.17, 15) is 38.4 Å². The molecule has 2 aromatic carbocycles. The first-order chi connectivity index (χ1) is 29.8. The summed E-state index contributed by atoms with van der Waals surface area (Å²) in [6.07, 6.45) is 12.7. The summed E-state index contributed by atoms with van der Waals surface area (Å²) in [5, 5.41) is 14.1. The predicted molar refractivity (Wildman–Crippen MR) is 235 cm³/mol. The molecular weight excluding hydrogens is 791 g/mol. The van der Waals surface area contributed by atoms with Crippen molar-refractivity contribution in [2.24, 2.45) is 23.3 Å². The van der Waals surface area contributed by atoms with Crippen LogP contribution in [0.3, 0.4) is 0 Å². The number of carbonyl (C=O) groups excluding carboxylic acids is 8. The van der Waals surface area contributed by atoms with Crippen molar-refractivity contribution in [2.45, 2.75) is 153 Å². The van der Waals surface area contributed by atoms with Gasteiger partial charge >= 0.3 is 0 Å². The number of nitrogens with two attached hydrogens (primary N) is 2. The summed E-state index contributed by atoms with van der Waals surface area (Å²) < 4.78 is 0. The van der Waals surface area contributed by atoms with Gasteiger partial charge in [-0.05, 0) is 56.4 Å². The summed E-state index contributed by atoms with van der Waals surface area (Å²) in [5.41, 5.74) is 12.6. The van der Waals surface area contributed by atoms with E-state index in [0.717, 1.165) is 64.2 Å². The molecule has 4 atom stereocenters. The van der Waals surface area contributed by atoms with Crippen molar-refractivity contribution >= 4 is 47.1 Å². The average Bonchev–Trinajstić information content (AvgIpc) is 3.24. The molecule has 0 aromatic heterocycles. The first kappa shape index (κ1) is 49.1. The third-order valence-corrected chi connectivity index (χ3v) is 12.0. The lowest BCUT2D eigenvalue weighted by Crippen LogP contribution is -2.58. The minimum Gasteiger partial charge on any atom is -0.370 e. The fourth-order valence-corrected chi connectivity index (χ4v) is 8.43. The summed E-state index contributed by atoms with van der Waals surface area (Å²) in [4.78, 5) is 104. The molecular formula is C47H67N7O8. The molecule has 0 saturated heterocycles. The number of hydrogen-bond acceptors (Lipinski definition) is 8. The molecule has 15 nitrogen and oxygen atoms in total. The van der Waals surface area contributed by atoms with Crippen LogP contribution in [-0.2, 0) is 40.0 Å². The average molecular weight is 858 g/mol. The van der Waals surface area contributed by atoms with Gasteiger partial charge in [0.25, 0.3) is 0 Å². The van der Waals surface area contributed by atoms with Crippen LogP contribution in [0.2, 0.25) is 0 Å². The normalized spacial score (nSPS) is 16.8. The molecule has 0 heterocycles. The van der Waals surface area contributed by atoms with E-state index in [1.807, 2.05) is 6.07 Å². The topological polar surface area (TPSA) is 249 Å². The Morgan fingerprint density at radius 2 is 1.18 bits per heavy atom. The van der Waals surface area contributed by atoms with Gasteiger partial charge in [-0.3, -0.25) is 38.4 Å². The molecule has 0 bridgehead atoms. The van der Waals surface area contributed by atoms with E-state index >= 15 is 0 Å². The Balaban J connectivity index is 1.53. The number of unbranched alkanes of at least 4 members (excludes halogenated alkanes) is 1. The Morgan fingerprint density at radius 1 is 0.597 bits per heavy atom. The highest BCUT2D eigenvalue weighted by Crippen LogP contribution is 2.28. The Bertz CT molecular complexity index is 1810. The van der Waals surface area contributed by atoms with Crippen LogP contribution >= 0.6 is 0 Å². The summed E-state index contributed by atoms with van der Waals surface area (Å²) >= 11 is 0. The van der Waals surface area contributed by atoms with Gasteiger partial charge in [-0.15, -0.1) is 0 Å². The van der Waals surface area contributed by atoms with Gasteiger partial charge < -0.3 is 38.1 Å². The van der Waals surface area contributed by atoms with E-state index in [1.54, 1.807) is 48.5 Å². The van der Waals surface area contributed by atoms with Gasteiger partial charge in [0, 0.05) is 43.4 Å². The van der Waals surface area contributed by atoms with Crippen LogP contribution in [0.1, 0.15) is 144 Å². The zero-order valence-corrected chi connectivity index (χ0v) is 36.2. The lowest BCUT2D eigenvalue weighted by molar-refractivity contribution is -0.135. The highest BCUT2D eigenvalue weighted by atomic mass is 16.2. The van der Waals surface area contributed by atoms with E-state index < -0.39 is 53.7 Å². The molecule has 0 radical (unpaired) electrons. The fraction of sp³-hybridized carbons (Fsp3) is 0.574. The first-order valence-electron chi connectivity index (χ1n) is 22.5.